The first-order valence-electron chi connectivity index (χ1n) is 5.34. The van der Waals surface area contributed by atoms with Crippen molar-refractivity contribution in [3.63, 3.8) is 0 Å². The van der Waals surface area contributed by atoms with Gasteiger partial charge in [0.25, 0.3) is 0 Å². The maximum Gasteiger partial charge on any atom is 0.229 e. The number of carbonyl (C=O) groups is 2. The molecule has 1 aliphatic rings. The lowest BCUT2D eigenvalue weighted by atomic mass is 10.4. The van der Waals surface area contributed by atoms with Gasteiger partial charge in [-0.25, -0.2) is 0 Å². The van der Waals surface area contributed by atoms with Crippen molar-refractivity contribution in [2.75, 3.05) is 11.4 Å². The Hall–Kier alpha value is -1.43. The van der Waals surface area contributed by atoms with E-state index in [9.17, 15) is 9.59 Å². The Morgan fingerprint density at radius 2 is 2.24 bits per heavy atom. The molecule has 17 heavy (non-hydrogen) atoms. The number of nitrogens with zero attached hydrogens (tertiary/aromatic N) is 3. The van der Waals surface area contributed by atoms with E-state index in [1.165, 1.54) is 18.7 Å². The van der Waals surface area contributed by atoms with Crippen LogP contribution in [0.2, 0.25) is 0 Å². The largest absolute Gasteiger partial charge is 0.294 e. The van der Waals surface area contributed by atoms with Crippen LogP contribution in [0.4, 0.5) is 5.82 Å². The molecule has 2 heterocycles. The zero-order chi connectivity index (χ0) is 12.4. The van der Waals surface area contributed by atoms with Crippen LogP contribution in [-0.4, -0.2) is 33.0 Å². The number of rotatable bonds is 2. The van der Waals surface area contributed by atoms with Crippen LogP contribution in [0.3, 0.4) is 0 Å². The number of carbonyl (C=O) groups excluding carboxylic acids is 2. The van der Waals surface area contributed by atoms with Gasteiger partial charge in [-0.1, -0.05) is 11.8 Å². The number of anilines is 1. The SMILES string of the molecule is CC(=O)SC1CC(=O)N(c2ccc(C)nn2)C1. The highest BCUT2D eigenvalue weighted by Crippen LogP contribution is 2.27. The van der Waals surface area contributed by atoms with E-state index in [4.69, 9.17) is 0 Å². The molecule has 90 valence electrons. The van der Waals surface area contributed by atoms with E-state index >= 15 is 0 Å². The summed E-state index contributed by atoms with van der Waals surface area (Å²) in [5.41, 5.74) is 0.815. The second kappa shape index (κ2) is 4.83. The van der Waals surface area contributed by atoms with Crippen LogP contribution in [0.25, 0.3) is 0 Å². The Morgan fingerprint density at radius 3 is 2.82 bits per heavy atom. The van der Waals surface area contributed by atoms with E-state index in [0.717, 1.165) is 5.69 Å². The highest BCUT2D eigenvalue weighted by Gasteiger charge is 2.32. The van der Waals surface area contributed by atoms with E-state index < -0.39 is 0 Å². The van der Waals surface area contributed by atoms with E-state index in [1.54, 1.807) is 11.0 Å². The van der Waals surface area contributed by atoms with Gasteiger partial charge in [0, 0.05) is 25.1 Å². The van der Waals surface area contributed by atoms with Crippen molar-refractivity contribution in [1.29, 1.82) is 0 Å². The molecule has 0 aromatic carbocycles. The summed E-state index contributed by atoms with van der Waals surface area (Å²) in [4.78, 5) is 24.4. The van der Waals surface area contributed by atoms with Gasteiger partial charge in [0.1, 0.15) is 0 Å². The van der Waals surface area contributed by atoms with Crippen LogP contribution in [0.15, 0.2) is 12.1 Å². The molecule has 0 spiro atoms. The van der Waals surface area contributed by atoms with Gasteiger partial charge < -0.3 is 0 Å². The minimum absolute atomic E-state index is 0.00176. The Morgan fingerprint density at radius 1 is 1.47 bits per heavy atom. The average Bonchev–Trinajstić information content (AvgIpc) is 2.59. The Balaban J connectivity index is 2.10. The van der Waals surface area contributed by atoms with Crippen molar-refractivity contribution in [3.8, 4) is 0 Å². The van der Waals surface area contributed by atoms with Crippen molar-refractivity contribution in [2.45, 2.75) is 25.5 Å². The predicted molar refractivity (Wildman–Crippen MR) is 65.8 cm³/mol. The Kier molecular flexibility index (Phi) is 3.42. The third kappa shape index (κ3) is 2.82. The molecular formula is C11H13N3O2S. The lowest BCUT2D eigenvalue weighted by Crippen LogP contribution is -2.26. The smallest absolute Gasteiger partial charge is 0.229 e. The summed E-state index contributed by atoms with van der Waals surface area (Å²) in [7, 11) is 0. The second-order valence-corrected chi connectivity index (χ2v) is 5.45. The normalized spacial score (nSPS) is 19.8. The maximum atomic E-state index is 11.8. The standard InChI is InChI=1S/C11H13N3O2S/c1-7-3-4-10(13-12-7)14-6-9(5-11(14)16)17-8(2)15/h3-4,9H,5-6H2,1-2H3. The fourth-order valence-electron chi connectivity index (χ4n) is 1.75. The molecule has 5 nitrogen and oxygen atoms in total. The molecule has 1 saturated heterocycles. The van der Waals surface area contributed by atoms with Gasteiger partial charge >= 0.3 is 0 Å². The van der Waals surface area contributed by atoms with Crippen LogP contribution in [-0.2, 0) is 9.59 Å². The van der Waals surface area contributed by atoms with Crippen LogP contribution in [0, 0.1) is 6.92 Å². The molecule has 0 saturated carbocycles. The molecule has 1 unspecified atom stereocenters. The molecule has 0 radical (unpaired) electrons. The van der Waals surface area contributed by atoms with Gasteiger partial charge in [0.15, 0.2) is 10.9 Å². The summed E-state index contributed by atoms with van der Waals surface area (Å²) in [6, 6.07) is 3.60. The quantitative estimate of drug-likeness (QED) is 0.789. The fraction of sp³-hybridized carbons (Fsp3) is 0.455. The second-order valence-electron chi connectivity index (χ2n) is 3.97. The molecule has 1 aliphatic heterocycles. The molecule has 6 heteroatoms. The van der Waals surface area contributed by atoms with E-state index in [1.807, 2.05) is 13.0 Å². The molecule has 0 aliphatic carbocycles. The minimum Gasteiger partial charge on any atom is -0.294 e. The number of amides is 1. The summed E-state index contributed by atoms with van der Waals surface area (Å²) >= 11 is 1.22. The molecular weight excluding hydrogens is 238 g/mol. The average molecular weight is 251 g/mol. The topological polar surface area (TPSA) is 63.2 Å². The summed E-state index contributed by atoms with van der Waals surface area (Å²) in [6.07, 6.45) is 0.389. The highest BCUT2D eigenvalue weighted by molar-refractivity contribution is 8.14. The Labute approximate surface area is 104 Å². The molecule has 1 fully saturated rings. The van der Waals surface area contributed by atoms with Crippen molar-refractivity contribution < 1.29 is 9.59 Å². The van der Waals surface area contributed by atoms with Crippen molar-refractivity contribution >= 4 is 28.6 Å². The van der Waals surface area contributed by atoms with Gasteiger partial charge in [-0.15, -0.1) is 5.10 Å². The van der Waals surface area contributed by atoms with E-state index in [2.05, 4.69) is 10.2 Å². The third-order valence-corrected chi connectivity index (χ3v) is 3.46. The lowest BCUT2D eigenvalue weighted by Gasteiger charge is -2.14. The predicted octanol–water partition coefficient (Wildman–Crippen LogP) is 1.17. The van der Waals surface area contributed by atoms with Crippen LogP contribution in [0.5, 0.6) is 0 Å². The number of aryl methyl sites for hydroxylation is 1. The molecule has 1 aromatic rings. The van der Waals surface area contributed by atoms with Crippen molar-refractivity contribution in [3.05, 3.63) is 17.8 Å². The summed E-state index contributed by atoms with van der Waals surface area (Å²) in [6.45, 7) is 3.89. The number of thioether (sulfide) groups is 1. The fourth-order valence-corrected chi connectivity index (χ4v) is 2.66. The van der Waals surface area contributed by atoms with Crippen molar-refractivity contribution in [1.82, 2.24) is 10.2 Å². The summed E-state index contributed by atoms with van der Waals surface area (Å²) < 4.78 is 0. The number of hydrogen-bond acceptors (Lipinski definition) is 5. The monoisotopic (exact) mass is 251 g/mol. The first kappa shape index (κ1) is 12.0. The molecule has 2 rings (SSSR count). The first-order chi connectivity index (χ1) is 8.06. The van der Waals surface area contributed by atoms with Gasteiger partial charge in [-0.3, -0.25) is 14.5 Å². The van der Waals surface area contributed by atoms with Gasteiger partial charge in [0.05, 0.1) is 5.69 Å². The molecule has 0 bridgehead atoms. The zero-order valence-electron chi connectivity index (χ0n) is 9.71. The molecule has 1 amide bonds. The number of hydrogen-bond donors (Lipinski definition) is 0. The van der Waals surface area contributed by atoms with Crippen LogP contribution in [0.1, 0.15) is 19.0 Å². The Bertz CT molecular complexity index is 447. The van der Waals surface area contributed by atoms with E-state index in [-0.39, 0.29) is 16.3 Å². The van der Waals surface area contributed by atoms with Crippen LogP contribution < -0.4 is 4.90 Å². The van der Waals surface area contributed by atoms with Gasteiger partial charge in [0.2, 0.25) is 5.91 Å². The van der Waals surface area contributed by atoms with Gasteiger partial charge in [-0.05, 0) is 19.1 Å². The van der Waals surface area contributed by atoms with Crippen LogP contribution >= 0.6 is 11.8 Å². The third-order valence-electron chi connectivity index (χ3n) is 2.48. The molecule has 0 N–H and O–H groups in total. The van der Waals surface area contributed by atoms with E-state index in [0.29, 0.717) is 18.8 Å². The summed E-state index contributed by atoms with van der Waals surface area (Å²) in [5, 5.41) is 7.98. The summed E-state index contributed by atoms with van der Waals surface area (Å²) in [5.74, 6) is 0.564. The minimum atomic E-state index is 0.00176. The maximum absolute atomic E-state index is 11.8. The molecule has 1 atom stereocenters. The molecule has 1 aromatic heterocycles. The number of aromatic nitrogens is 2. The van der Waals surface area contributed by atoms with Gasteiger partial charge in [-0.2, -0.15) is 5.10 Å². The highest BCUT2D eigenvalue weighted by atomic mass is 32.2. The first-order valence-corrected chi connectivity index (χ1v) is 6.22. The van der Waals surface area contributed by atoms with Crippen molar-refractivity contribution in [2.24, 2.45) is 0 Å². The zero-order valence-corrected chi connectivity index (χ0v) is 10.5. The lowest BCUT2D eigenvalue weighted by molar-refractivity contribution is -0.117.